The molecule has 1 heterocycles. The lowest BCUT2D eigenvalue weighted by molar-refractivity contribution is 0.00712. The van der Waals surface area contributed by atoms with Crippen molar-refractivity contribution in [2.24, 2.45) is 22.7 Å². The van der Waals surface area contributed by atoms with Gasteiger partial charge in [0.1, 0.15) is 5.69 Å². The number of aromatic nitrogens is 1. The number of esters is 1. The third-order valence-electron chi connectivity index (χ3n) is 7.52. The maximum absolute atomic E-state index is 12.3. The number of fused-ring (bicyclic) bond motifs is 2. The molecule has 1 aromatic heterocycles. The highest BCUT2D eigenvalue weighted by molar-refractivity contribution is 5.87. The van der Waals surface area contributed by atoms with Crippen LogP contribution in [0, 0.1) is 22.7 Å². The van der Waals surface area contributed by atoms with Gasteiger partial charge in [-0.2, -0.15) is 0 Å². The quantitative estimate of drug-likeness (QED) is 0.776. The van der Waals surface area contributed by atoms with Crippen LogP contribution < -0.4 is 0 Å². The lowest BCUT2D eigenvalue weighted by Gasteiger charge is -2.43. The Hall–Kier alpha value is -1.38. The van der Waals surface area contributed by atoms with Gasteiger partial charge in [0.25, 0.3) is 0 Å². The van der Waals surface area contributed by atoms with Crippen LogP contribution in [0.3, 0.4) is 0 Å². The number of nitrogens with zero attached hydrogens (tertiary/aromatic N) is 1. The zero-order valence-corrected chi connectivity index (χ0v) is 14.6. The van der Waals surface area contributed by atoms with Gasteiger partial charge in [-0.25, -0.2) is 9.78 Å². The van der Waals surface area contributed by atoms with Crippen LogP contribution in [0.4, 0.5) is 0 Å². The molecule has 128 valence electrons. The van der Waals surface area contributed by atoms with Gasteiger partial charge < -0.3 is 4.74 Å². The Morgan fingerprint density at radius 3 is 2.83 bits per heavy atom. The van der Waals surface area contributed by atoms with Crippen LogP contribution in [0.2, 0.25) is 0 Å². The van der Waals surface area contributed by atoms with E-state index in [2.05, 4.69) is 18.0 Å². The number of rotatable bonds is 3. The number of carbonyl (C=O) groups is 1. The Morgan fingerprint density at radius 1 is 1.29 bits per heavy atom. The van der Waals surface area contributed by atoms with Gasteiger partial charge in [-0.1, -0.05) is 19.4 Å². The third-order valence-corrected chi connectivity index (χ3v) is 7.52. The molecule has 24 heavy (non-hydrogen) atoms. The van der Waals surface area contributed by atoms with E-state index in [-0.39, 0.29) is 5.97 Å². The van der Waals surface area contributed by atoms with Gasteiger partial charge in [0.15, 0.2) is 0 Å². The molecule has 0 saturated heterocycles. The standard InChI is InChI=1S/C21H27NO2/c1-14-3-5-17-16(9-14)4-6-18(22-17)19(23)24-12-15-10-21(11-15)13-20(21)7-2-8-20/h4,6,14-15H,2-3,5,7-13H2,1H3. The van der Waals surface area contributed by atoms with Crippen molar-refractivity contribution >= 4 is 5.97 Å². The molecule has 4 aliphatic rings. The van der Waals surface area contributed by atoms with Crippen molar-refractivity contribution in [2.75, 3.05) is 6.61 Å². The lowest BCUT2D eigenvalue weighted by atomic mass is 9.62. The molecule has 3 nitrogen and oxygen atoms in total. The highest BCUT2D eigenvalue weighted by Crippen LogP contribution is 2.82. The van der Waals surface area contributed by atoms with Crippen molar-refractivity contribution in [3.05, 3.63) is 29.1 Å². The summed E-state index contributed by atoms with van der Waals surface area (Å²) >= 11 is 0. The van der Waals surface area contributed by atoms with Gasteiger partial charge >= 0.3 is 5.97 Å². The van der Waals surface area contributed by atoms with E-state index in [0.29, 0.717) is 23.6 Å². The van der Waals surface area contributed by atoms with Crippen LogP contribution in [0.25, 0.3) is 0 Å². The largest absolute Gasteiger partial charge is 0.461 e. The summed E-state index contributed by atoms with van der Waals surface area (Å²) in [6.45, 7) is 2.87. The van der Waals surface area contributed by atoms with E-state index in [0.717, 1.165) is 29.9 Å². The van der Waals surface area contributed by atoms with Gasteiger partial charge in [0.2, 0.25) is 0 Å². The Kier molecular flexibility index (Phi) is 3.15. The topological polar surface area (TPSA) is 39.2 Å². The first-order chi connectivity index (χ1) is 11.6. The average molecular weight is 325 g/mol. The van der Waals surface area contributed by atoms with E-state index in [1.54, 1.807) is 0 Å². The Morgan fingerprint density at radius 2 is 2.12 bits per heavy atom. The molecule has 1 atom stereocenters. The number of hydrogen-bond acceptors (Lipinski definition) is 3. The molecule has 0 amide bonds. The molecule has 0 aliphatic heterocycles. The minimum Gasteiger partial charge on any atom is -0.461 e. The van der Waals surface area contributed by atoms with Gasteiger partial charge in [-0.3, -0.25) is 0 Å². The van der Waals surface area contributed by atoms with Crippen LogP contribution in [-0.4, -0.2) is 17.6 Å². The van der Waals surface area contributed by atoms with Crippen molar-refractivity contribution in [3.63, 3.8) is 0 Å². The van der Waals surface area contributed by atoms with E-state index in [4.69, 9.17) is 4.74 Å². The second-order valence-corrected chi connectivity index (χ2v) is 9.11. The minimum absolute atomic E-state index is 0.230. The highest BCUT2D eigenvalue weighted by Gasteiger charge is 2.73. The van der Waals surface area contributed by atoms with Crippen molar-refractivity contribution < 1.29 is 9.53 Å². The molecule has 3 fully saturated rings. The molecular weight excluding hydrogens is 298 g/mol. The van der Waals surface area contributed by atoms with Crippen LogP contribution >= 0.6 is 0 Å². The molecule has 2 spiro atoms. The number of ether oxygens (including phenoxy) is 1. The van der Waals surface area contributed by atoms with Crippen LogP contribution in [-0.2, 0) is 17.6 Å². The second kappa shape index (κ2) is 5.06. The van der Waals surface area contributed by atoms with E-state index in [1.807, 2.05) is 6.07 Å². The van der Waals surface area contributed by atoms with Gasteiger partial charge in [0, 0.05) is 5.69 Å². The fourth-order valence-corrected chi connectivity index (χ4v) is 5.83. The first-order valence-electron chi connectivity index (χ1n) is 9.75. The number of aryl methyl sites for hydroxylation is 1. The van der Waals surface area contributed by atoms with Crippen molar-refractivity contribution in [3.8, 4) is 0 Å². The predicted octanol–water partition coefficient (Wildman–Crippen LogP) is 4.33. The summed E-state index contributed by atoms with van der Waals surface area (Å²) in [7, 11) is 0. The number of pyridine rings is 1. The van der Waals surface area contributed by atoms with E-state index < -0.39 is 0 Å². The summed E-state index contributed by atoms with van der Waals surface area (Å²) in [6.07, 6.45) is 11.6. The monoisotopic (exact) mass is 325 g/mol. The molecule has 3 saturated carbocycles. The molecular formula is C21H27NO2. The summed E-state index contributed by atoms with van der Waals surface area (Å²) < 4.78 is 5.58. The maximum atomic E-state index is 12.3. The Balaban J connectivity index is 1.15. The fourth-order valence-electron chi connectivity index (χ4n) is 5.83. The fraction of sp³-hybridized carbons (Fsp3) is 0.714. The zero-order chi connectivity index (χ0) is 16.4. The van der Waals surface area contributed by atoms with Crippen LogP contribution in [0.5, 0.6) is 0 Å². The van der Waals surface area contributed by atoms with E-state index in [1.165, 1.54) is 50.5 Å². The predicted molar refractivity (Wildman–Crippen MR) is 91.8 cm³/mol. The second-order valence-electron chi connectivity index (χ2n) is 9.11. The molecule has 1 unspecified atom stereocenters. The Labute approximate surface area is 144 Å². The molecule has 4 aliphatic carbocycles. The maximum Gasteiger partial charge on any atom is 0.356 e. The molecule has 3 heteroatoms. The normalized spacial score (nSPS) is 35.0. The summed E-state index contributed by atoms with van der Waals surface area (Å²) in [6, 6.07) is 3.93. The average Bonchev–Trinajstić information content (AvgIpc) is 3.22. The number of carbonyl (C=O) groups excluding carboxylic acids is 1. The number of hydrogen-bond donors (Lipinski definition) is 0. The summed E-state index contributed by atoms with van der Waals surface area (Å²) in [5.74, 6) is 1.09. The smallest absolute Gasteiger partial charge is 0.356 e. The summed E-state index contributed by atoms with van der Waals surface area (Å²) in [5.41, 5.74) is 4.33. The van der Waals surface area contributed by atoms with E-state index >= 15 is 0 Å². The van der Waals surface area contributed by atoms with Crippen molar-refractivity contribution in [1.29, 1.82) is 0 Å². The molecule has 0 radical (unpaired) electrons. The first kappa shape index (κ1) is 14.9. The molecule has 1 aromatic rings. The molecule has 0 N–H and O–H groups in total. The molecule has 0 aromatic carbocycles. The highest BCUT2D eigenvalue weighted by atomic mass is 16.5. The molecule has 0 bridgehead atoms. The van der Waals surface area contributed by atoms with Crippen LogP contribution in [0.1, 0.15) is 73.6 Å². The SMILES string of the molecule is CC1CCc2nc(C(=O)OCC3CC4(C3)CC43CCC3)ccc2C1. The molecule has 5 rings (SSSR count). The van der Waals surface area contributed by atoms with Gasteiger partial charge in [0.05, 0.1) is 6.61 Å². The zero-order valence-electron chi connectivity index (χ0n) is 14.6. The van der Waals surface area contributed by atoms with Crippen molar-refractivity contribution in [2.45, 2.75) is 64.7 Å². The summed E-state index contributed by atoms with van der Waals surface area (Å²) in [5, 5.41) is 0. The first-order valence-corrected chi connectivity index (χ1v) is 9.75. The Bertz CT molecular complexity index is 685. The lowest BCUT2D eigenvalue weighted by Crippen LogP contribution is -2.36. The minimum atomic E-state index is -0.230. The summed E-state index contributed by atoms with van der Waals surface area (Å²) in [4.78, 5) is 16.9. The third kappa shape index (κ3) is 2.16. The van der Waals surface area contributed by atoms with E-state index in [9.17, 15) is 4.79 Å². The van der Waals surface area contributed by atoms with Gasteiger partial charge in [-0.15, -0.1) is 0 Å². The van der Waals surface area contributed by atoms with Crippen LogP contribution in [0.15, 0.2) is 12.1 Å². The van der Waals surface area contributed by atoms with Gasteiger partial charge in [-0.05, 0) is 85.7 Å². The van der Waals surface area contributed by atoms with Crippen molar-refractivity contribution in [1.82, 2.24) is 4.98 Å².